The first-order valence-corrected chi connectivity index (χ1v) is 11.6. The van der Waals surface area contributed by atoms with Crippen LogP contribution >= 0.6 is 11.3 Å². The van der Waals surface area contributed by atoms with Crippen molar-refractivity contribution in [1.82, 2.24) is 10.2 Å². The van der Waals surface area contributed by atoms with E-state index in [0.717, 1.165) is 18.7 Å². The Morgan fingerprint density at radius 1 is 1.03 bits per heavy atom. The Morgan fingerprint density at radius 2 is 1.84 bits per heavy atom. The van der Waals surface area contributed by atoms with E-state index < -0.39 is 0 Å². The standard InChI is InChI=1S/C25H25N3O2S/c29-22(12-14-26-25(30)17-7-2-1-3-8-17)28-15-13-19-23(21-11-6-16-31-21)27-20-10-5-4-9-18(20)24(19)28/h1-11,16,19,23-24,27H,12-15H2,(H,26,30)/t19-,23-,24+/m1/s1. The number of likely N-dealkylation sites (tertiary alicyclic amines) is 1. The summed E-state index contributed by atoms with van der Waals surface area (Å²) in [7, 11) is 0. The summed E-state index contributed by atoms with van der Waals surface area (Å²) in [4.78, 5) is 28.8. The Bertz CT molecular complexity index is 1070. The van der Waals surface area contributed by atoms with E-state index in [1.807, 2.05) is 35.2 Å². The molecule has 2 N–H and O–H groups in total. The molecule has 158 valence electrons. The van der Waals surface area contributed by atoms with Gasteiger partial charge in [0.05, 0.1) is 12.1 Å². The number of amides is 2. The van der Waals surface area contributed by atoms with Gasteiger partial charge in [0.25, 0.3) is 5.91 Å². The molecule has 2 amide bonds. The van der Waals surface area contributed by atoms with Gasteiger partial charge in [-0.15, -0.1) is 11.3 Å². The quantitative estimate of drug-likeness (QED) is 0.619. The summed E-state index contributed by atoms with van der Waals surface area (Å²) in [6.45, 7) is 1.09. The molecule has 6 heteroatoms. The van der Waals surface area contributed by atoms with Gasteiger partial charge in [-0.3, -0.25) is 9.59 Å². The number of rotatable bonds is 5. The molecule has 3 atom stereocenters. The van der Waals surface area contributed by atoms with E-state index in [0.29, 0.717) is 24.4 Å². The van der Waals surface area contributed by atoms with Crippen LogP contribution in [0.15, 0.2) is 72.1 Å². The first-order chi connectivity index (χ1) is 15.2. The average molecular weight is 432 g/mol. The van der Waals surface area contributed by atoms with Crippen molar-refractivity contribution in [3.63, 3.8) is 0 Å². The molecule has 2 aromatic carbocycles. The molecular weight excluding hydrogens is 406 g/mol. The van der Waals surface area contributed by atoms with Gasteiger partial charge in [0.2, 0.25) is 5.91 Å². The molecule has 1 saturated heterocycles. The Morgan fingerprint density at radius 3 is 2.65 bits per heavy atom. The molecule has 3 aromatic rings. The van der Waals surface area contributed by atoms with Crippen LogP contribution in [0, 0.1) is 5.92 Å². The lowest BCUT2D eigenvalue weighted by molar-refractivity contribution is -0.132. The molecule has 5 nitrogen and oxygen atoms in total. The number of nitrogens with one attached hydrogen (secondary N) is 2. The number of thiophene rings is 1. The van der Waals surface area contributed by atoms with E-state index in [-0.39, 0.29) is 23.9 Å². The first-order valence-electron chi connectivity index (χ1n) is 10.7. The van der Waals surface area contributed by atoms with E-state index in [2.05, 4.69) is 40.3 Å². The van der Waals surface area contributed by atoms with Gasteiger partial charge >= 0.3 is 0 Å². The monoisotopic (exact) mass is 431 g/mol. The predicted molar refractivity (Wildman–Crippen MR) is 123 cm³/mol. The van der Waals surface area contributed by atoms with Gasteiger partial charge in [-0.2, -0.15) is 0 Å². The highest BCUT2D eigenvalue weighted by atomic mass is 32.1. The predicted octanol–water partition coefficient (Wildman–Crippen LogP) is 4.62. The molecule has 0 unspecified atom stereocenters. The highest BCUT2D eigenvalue weighted by Crippen LogP contribution is 2.51. The third-order valence-corrected chi connectivity index (χ3v) is 7.25. The van der Waals surface area contributed by atoms with Crippen LogP contribution < -0.4 is 10.6 Å². The van der Waals surface area contributed by atoms with Gasteiger partial charge in [0.1, 0.15) is 0 Å². The lowest BCUT2D eigenvalue weighted by Crippen LogP contribution is -2.38. The summed E-state index contributed by atoms with van der Waals surface area (Å²) < 4.78 is 0. The zero-order chi connectivity index (χ0) is 21.2. The fraction of sp³-hybridized carbons (Fsp3) is 0.280. The molecule has 1 aromatic heterocycles. The van der Waals surface area contributed by atoms with Crippen molar-refractivity contribution in [3.05, 3.63) is 88.1 Å². The summed E-state index contributed by atoms with van der Waals surface area (Å²) in [5, 5.41) is 8.71. The number of benzene rings is 2. The van der Waals surface area contributed by atoms with Gasteiger partial charge in [-0.25, -0.2) is 0 Å². The van der Waals surface area contributed by atoms with Crippen LogP contribution in [0.25, 0.3) is 0 Å². The largest absolute Gasteiger partial charge is 0.377 e. The number of anilines is 1. The Hall–Kier alpha value is -3.12. The van der Waals surface area contributed by atoms with Crippen LogP contribution in [-0.2, 0) is 4.79 Å². The Kier molecular flexibility index (Phi) is 5.47. The number of fused-ring (bicyclic) bond motifs is 3. The maximum Gasteiger partial charge on any atom is 0.251 e. The van der Waals surface area contributed by atoms with E-state index in [4.69, 9.17) is 0 Å². The van der Waals surface area contributed by atoms with Crippen LogP contribution in [0.5, 0.6) is 0 Å². The first kappa shape index (κ1) is 19.8. The summed E-state index contributed by atoms with van der Waals surface area (Å²) in [6.07, 6.45) is 1.28. The number of para-hydroxylation sites is 1. The zero-order valence-electron chi connectivity index (χ0n) is 17.2. The van der Waals surface area contributed by atoms with Crippen LogP contribution in [-0.4, -0.2) is 29.8 Å². The van der Waals surface area contributed by atoms with Crippen molar-refractivity contribution in [2.75, 3.05) is 18.4 Å². The van der Waals surface area contributed by atoms with Crippen molar-refractivity contribution in [2.24, 2.45) is 5.92 Å². The van der Waals surface area contributed by atoms with Crippen molar-refractivity contribution in [1.29, 1.82) is 0 Å². The topological polar surface area (TPSA) is 61.4 Å². The summed E-state index contributed by atoms with van der Waals surface area (Å²) >= 11 is 1.76. The van der Waals surface area contributed by atoms with Crippen molar-refractivity contribution in [3.8, 4) is 0 Å². The van der Waals surface area contributed by atoms with Gasteiger partial charge < -0.3 is 15.5 Å². The van der Waals surface area contributed by atoms with Crippen LogP contribution in [0.2, 0.25) is 0 Å². The minimum absolute atomic E-state index is 0.0712. The molecule has 0 spiro atoms. The number of carbonyl (C=O) groups is 2. The highest BCUT2D eigenvalue weighted by Gasteiger charge is 2.46. The Labute approximate surface area is 186 Å². The fourth-order valence-electron chi connectivity index (χ4n) is 4.87. The number of hydrogen-bond acceptors (Lipinski definition) is 4. The molecule has 2 aliphatic rings. The normalized spacial score (nSPS) is 21.7. The molecule has 5 rings (SSSR count). The van der Waals surface area contributed by atoms with E-state index >= 15 is 0 Å². The molecule has 31 heavy (non-hydrogen) atoms. The van der Waals surface area contributed by atoms with Gasteiger partial charge in [-0.05, 0) is 41.6 Å². The lowest BCUT2D eigenvalue weighted by Gasteiger charge is -2.39. The second-order valence-corrected chi connectivity index (χ2v) is 9.06. The number of hydrogen-bond donors (Lipinski definition) is 2. The van der Waals surface area contributed by atoms with Crippen LogP contribution in [0.3, 0.4) is 0 Å². The van der Waals surface area contributed by atoms with E-state index in [9.17, 15) is 9.59 Å². The Balaban J connectivity index is 1.30. The maximum atomic E-state index is 13.2. The molecule has 0 aliphatic carbocycles. The second kappa shape index (κ2) is 8.55. The minimum atomic E-state index is -0.141. The summed E-state index contributed by atoms with van der Waals surface area (Å²) in [5.41, 5.74) is 2.92. The van der Waals surface area contributed by atoms with Crippen molar-refractivity contribution < 1.29 is 9.59 Å². The van der Waals surface area contributed by atoms with Crippen LogP contribution in [0.4, 0.5) is 5.69 Å². The molecule has 3 heterocycles. The van der Waals surface area contributed by atoms with Gasteiger partial charge in [0, 0.05) is 41.6 Å². The van der Waals surface area contributed by atoms with Crippen molar-refractivity contribution in [2.45, 2.75) is 24.9 Å². The average Bonchev–Trinajstić information content (AvgIpc) is 3.50. The number of nitrogens with zero attached hydrogens (tertiary/aromatic N) is 1. The SMILES string of the molecule is O=C(NCCC(=O)N1CC[C@@H]2[C@H](c3cccs3)Nc3ccccc3[C@@H]21)c1ccccc1. The molecule has 0 bridgehead atoms. The highest BCUT2D eigenvalue weighted by molar-refractivity contribution is 7.10. The minimum Gasteiger partial charge on any atom is -0.377 e. The van der Waals surface area contributed by atoms with E-state index in [1.54, 1.807) is 23.5 Å². The molecule has 2 aliphatic heterocycles. The summed E-state index contributed by atoms with van der Waals surface area (Å²) in [5.74, 6) is 0.302. The van der Waals surface area contributed by atoms with Crippen molar-refractivity contribution >= 4 is 28.8 Å². The zero-order valence-corrected chi connectivity index (χ0v) is 18.0. The smallest absolute Gasteiger partial charge is 0.251 e. The third-order valence-electron chi connectivity index (χ3n) is 6.29. The lowest BCUT2D eigenvalue weighted by atomic mass is 9.82. The fourth-order valence-corrected chi connectivity index (χ4v) is 5.72. The maximum absolute atomic E-state index is 13.2. The molecular formula is C25H25N3O2S. The third kappa shape index (κ3) is 3.83. The molecule has 0 radical (unpaired) electrons. The van der Waals surface area contributed by atoms with Gasteiger partial charge in [0.15, 0.2) is 0 Å². The molecule has 0 saturated carbocycles. The number of carbonyl (C=O) groups excluding carboxylic acids is 2. The second-order valence-electron chi connectivity index (χ2n) is 8.08. The van der Waals surface area contributed by atoms with Crippen LogP contribution in [0.1, 0.15) is 45.7 Å². The summed E-state index contributed by atoms with van der Waals surface area (Å²) in [6, 6.07) is 22.0. The van der Waals surface area contributed by atoms with E-state index in [1.165, 1.54) is 10.4 Å². The van der Waals surface area contributed by atoms with Gasteiger partial charge in [-0.1, -0.05) is 42.5 Å². The molecule has 1 fully saturated rings.